The molecular weight excluding hydrogens is 499 g/mol. The third-order valence-corrected chi connectivity index (χ3v) is 7.72. The van der Waals surface area contributed by atoms with E-state index < -0.39 is 17.7 Å². The Balaban J connectivity index is 0.00000108. The number of rotatable bonds is 8. The minimum atomic E-state index is -1.75. The minimum Gasteiger partial charge on any atom is -0.348 e. The predicted octanol–water partition coefficient (Wildman–Crippen LogP) is 4.70. The van der Waals surface area contributed by atoms with Gasteiger partial charge in [0.1, 0.15) is 5.82 Å². The molecule has 2 aromatic rings. The molecule has 5 nitrogen and oxygen atoms in total. The van der Waals surface area contributed by atoms with Gasteiger partial charge in [-0.05, 0) is 60.2 Å². The van der Waals surface area contributed by atoms with Gasteiger partial charge in [-0.3, -0.25) is 13.9 Å². The first-order chi connectivity index (χ1) is 16.9. The molecule has 1 aliphatic carbocycles. The molecule has 2 aliphatic rings. The average Bonchev–Trinajstić information content (AvgIpc) is 3.70. The van der Waals surface area contributed by atoms with Crippen molar-refractivity contribution in [1.29, 1.82) is 0 Å². The van der Waals surface area contributed by atoms with Crippen LogP contribution in [0.1, 0.15) is 52.7 Å². The van der Waals surface area contributed by atoms with Crippen molar-refractivity contribution in [3.8, 4) is 0 Å². The number of carbonyl (C=O) groups is 1. The molecule has 1 aliphatic heterocycles. The maximum absolute atomic E-state index is 15.2. The smallest absolute Gasteiger partial charge is 0.251 e. The van der Waals surface area contributed by atoms with Crippen LogP contribution in [0.25, 0.3) is 0 Å². The number of amides is 1. The molecule has 0 bridgehead atoms. The SMILES string of the molecule is CCS(=O)c1ccc(Cl)cc1CNC(=O)c1cc(F)c(CN2CCNCC2)c(C2CC2)c1.FCF. The van der Waals surface area contributed by atoms with Gasteiger partial charge in [-0.1, -0.05) is 18.5 Å². The van der Waals surface area contributed by atoms with E-state index in [9.17, 15) is 17.8 Å². The van der Waals surface area contributed by atoms with E-state index in [0.717, 1.165) is 50.1 Å². The molecule has 1 atom stereocenters. The van der Waals surface area contributed by atoms with Gasteiger partial charge in [0.15, 0.2) is 0 Å². The number of halogens is 4. The van der Waals surface area contributed by atoms with Crippen molar-refractivity contribution in [2.75, 3.05) is 38.9 Å². The Hall–Kier alpha value is -1.94. The van der Waals surface area contributed by atoms with E-state index in [0.29, 0.717) is 39.3 Å². The van der Waals surface area contributed by atoms with Crippen LogP contribution in [-0.2, 0) is 23.9 Å². The van der Waals surface area contributed by atoms with Gasteiger partial charge < -0.3 is 10.6 Å². The van der Waals surface area contributed by atoms with Crippen molar-refractivity contribution in [1.82, 2.24) is 15.5 Å². The third-order valence-electron chi connectivity index (χ3n) is 6.07. The summed E-state index contributed by atoms with van der Waals surface area (Å²) in [5, 5.41) is 6.70. The Labute approximate surface area is 211 Å². The summed E-state index contributed by atoms with van der Waals surface area (Å²) in [5.74, 6) is 0.163. The van der Waals surface area contributed by atoms with Crippen LogP contribution in [-0.4, -0.2) is 53.9 Å². The molecule has 0 aromatic heterocycles. The molecule has 1 unspecified atom stereocenters. The molecular formula is C25H31ClF3N3O2S. The van der Waals surface area contributed by atoms with Crippen molar-refractivity contribution < 1.29 is 22.2 Å². The number of piperazine rings is 1. The summed E-state index contributed by atoms with van der Waals surface area (Å²) in [4.78, 5) is 15.8. The zero-order valence-corrected chi connectivity index (χ0v) is 21.3. The summed E-state index contributed by atoms with van der Waals surface area (Å²) in [6.45, 7) is 4.47. The molecule has 2 fully saturated rings. The lowest BCUT2D eigenvalue weighted by atomic mass is 9.98. The van der Waals surface area contributed by atoms with E-state index in [1.165, 1.54) is 6.07 Å². The van der Waals surface area contributed by atoms with Gasteiger partial charge >= 0.3 is 0 Å². The van der Waals surface area contributed by atoms with Crippen LogP contribution in [0.4, 0.5) is 13.2 Å². The van der Waals surface area contributed by atoms with Crippen LogP contribution >= 0.6 is 11.6 Å². The number of nitrogens with zero attached hydrogens (tertiary/aromatic N) is 1. The number of hydrogen-bond acceptors (Lipinski definition) is 4. The number of nitrogens with one attached hydrogen (secondary N) is 2. The first-order valence-electron chi connectivity index (χ1n) is 11.7. The van der Waals surface area contributed by atoms with Crippen LogP contribution in [0, 0.1) is 5.82 Å². The largest absolute Gasteiger partial charge is 0.348 e. The molecule has 0 radical (unpaired) electrons. The number of alkyl halides is 2. The van der Waals surface area contributed by atoms with E-state index in [-0.39, 0.29) is 18.3 Å². The van der Waals surface area contributed by atoms with E-state index in [4.69, 9.17) is 11.6 Å². The fourth-order valence-corrected chi connectivity index (χ4v) is 5.30. The average molecular weight is 530 g/mol. The second-order valence-corrected chi connectivity index (χ2v) is 10.6. The van der Waals surface area contributed by atoms with Crippen molar-refractivity contribution in [3.05, 3.63) is 63.4 Å². The highest BCUT2D eigenvalue weighted by atomic mass is 35.5. The Morgan fingerprint density at radius 3 is 2.51 bits per heavy atom. The van der Waals surface area contributed by atoms with Crippen molar-refractivity contribution in [3.63, 3.8) is 0 Å². The molecule has 35 heavy (non-hydrogen) atoms. The third kappa shape index (κ3) is 7.77. The summed E-state index contributed by atoms with van der Waals surface area (Å²) in [6, 6.07) is 8.36. The first-order valence-corrected chi connectivity index (χ1v) is 13.4. The zero-order chi connectivity index (χ0) is 25.4. The Bertz CT molecular complexity index is 1050. The highest BCUT2D eigenvalue weighted by molar-refractivity contribution is 7.85. The normalized spacial score (nSPS) is 16.8. The maximum atomic E-state index is 15.2. The van der Waals surface area contributed by atoms with Gasteiger partial charge in [-0.2, -0.15) is 0 Å². The second kappa shape index (κ2) is 13.4. The van der Waals surface area contributed by atoms with E-state index in [1.807, 2.05) is 13.0 Å². The number of hydrogen-bond donors (Lipinski definition) is 2. The molecule has 10 heteroatoms. The molecule has 2 N–H and O–H groups in total. The molecule has 1 heterocycles. The molecule has 1 saturated heterocycles. The highest BCUT2D eigenvalue weighted by Crippen LogP contribution is 2.43. The van der Waals surface area contributed by atoms with Crippen molar-refractivity contribution >= 4 is 28.3 Å². The zero-order valence-electron chi connectivity index (χ0n) is 19.7. The van der Waals surface area contributed by atoms with Crippen LogP contribution in [0.2, 0.25) is 5.02 Å². The summed E-state index contributed by atoms with van der Waals surface area (Å²) in [6.07, 6.45) is 2.07. The van der Waals surface area contributed by atoms with Gasteiger partial charge in [-0.25, -0.2) is 13.2 Å². The fraction of sp³-hybridized carbons (Fsp3) is 0.480. The molecule has 192 valence electrons. The van der Waals surface area contributed by atoms with Crippen molar-refractivity contribution in [2.24, 2.45) is 0 Å². The van der Waals surface area contributed by atoms with Gasteiger partial charge in [0.2, 0.25) is 6.93 Å². The number of carbonyl (C=O) groups excluding carboxylic acids is 1. The van der Waals surface area contributed by atoms with E-state index >= 15 is 4.39 Å². The van der Waals surface area contributed by atoms with Gasteiger partial charge in [-0.15, -0.1) is 0 Å². The fourth-order valence-electron chi connectivity index (χ4n) is 4.15. The Morgan fingerprint density at radius 1 is 1.20 bits per heavy atom. The summed E-state index contributed by atoms with van der Waals surface area (Å²) in [7, 11) is -1.16. The molecule has 2 aromatic carbocycles. The van der Waals surface area contributed by atoms with Gasteiger partial charge in [0.25, 0.3) is 5.91 Å². The highest BCUT2D eigenvalue weighted by Gasteiger charge is 2.29. The quantitative estimate of drug-likeness (QED) is 0.520. The van der Waals surface area contributed by atoms with Crippen LogP contribution in [0.5, 0.6) is 0 Å². The Kier molecular flexibility index (Phi) is 10.6. The monoisotopic (exact) mass is 529 g/mol. The molecule has 4 rings (SSSR count). The number of benzene rings is 2. The lowest BCUT2D eigenvalue weighted by Gasteiger charge is -2.28. The Morgan fingerprint density at radius 2 is 1.89 bits per heavy atom. The first kappa shape index (κ1) is 27.6. The minimum absolute atomic E-state index is 0.184. The summed E-state index contributed by atoms with van der Waals surface area (Å²) in [5.41, 5.74) is 2.73. The van der Waals surface area contributed by atoms with Crippen LogP contribution in [0.3, 0.4) is 0 Å². The molecule has 1 amide bonds. The lowest BCUT2D eigenvalue weighted by Crippen LogP contribution is -2.43. The van der Waals surface area contributed by atoms with Gasteiger partial charge in [0.05, 0.1) is 10.8 Å². The summed E-state index contributed by atoms with van der Waals surface area (Å²) < 4.78 is 46.7. The van der Waals surface area contributed by atoms with Crippen LogP contribution < -0.4 is 10.6 Å². The van der Waals surface area contributed by atoms with Crippen LogP contribution in [0.15, 0.2) is 35.2 Å². The molecule has 1 saturated carbocycles. The molecule has 0 spiro atoms. The van der Waals surface area contributed by atoms with E-state index in [1.54, 1.807) is 18.2 Å². The topological polar surface area (TPSA) is 61.4 Å². The summed E-state index contributed by atoms with van der Waals surface area (Å²) >= 11 is 6.11. The lowest BCUT2D eigenvalue weighted by molar-refractivity contribution is 0.0950. The predicted molar refractivity (Wildman–Crippen MR) is 133 cm³/mol. The second-order valence-electron chi connectivity index (χ2n) is 8.50. The van der Waals surface area contributed by atoms with Crippen molar-refractivity contribution in [2.45, 2.75) is 43.7 Å². The van der Waals surface area contributed by atoms with Gasteiger partial charge in [0, 0.05) is 66.1 Å². The standard InChI is InChI=1S/C24H29ClFN3O2S.CH2F2/c1-2-32(31)23-6-5-19(25)11-18(23)14-28-24(30)17-12-20(16-3-4-16)21(22(26)13-17)15-29-9-7-27-8-10-29;2-1-3/h5-6,11-13,16,27H,2-4,7-10,14-15H2,1H3,(H,28,30);1H2. The van der Waals surface area contributed by atoms with E-state index in [2.05, 4.69) is 15.5 Å². The maximum Gasteiger partial charge on any atom is 0.251 e.